The van der Waals surface area contributed by atoms with Crippen molar-refractivity contribution in [3.8, 4) is 5.75 Å². The standard InChI is InChI=1S/C9H12N2O2.C5H10N2O2/c1-10-9(12)11-7-3-5-8(13-2)6-4-7;1-7(2)4-6-5(8)9-3/h3-6H,1-2H3,(H2,10,11,12);4H,1-3H3. The Hall–Kier alpha value is -2.77. The fourth-order valence-electron chi connectivity index (χ4n) is 1.08. The number of methoxy groups -OCH3 is 2. The fourth-order valence-corrected chi connectivity index (χ4v) is 1.08. The Labute approximate surface area is 130 Å². The number of hydrogen-bond acceptors (Lipinski definition) is 4. The highest BCUT2D eigenvalue weighted by Crippen LogP contribution is 2.14. The van der Waals surface area contributed by atoms with Crippen LogP contribution in [0.1, 0.15) is 0 Å². The summed E-state index contributed by atoms with van der Waals surface area (Å²) in [7, 11) is 7.99. The first-order chi connectivity index (χ1) is 10.4. The molecule has 1 aromatic carbocycles. The van der Waals surface area contributed by atoms with Crippen molar-refractivity contribution in [2.75, 3.05) is 40.7 Å². The average molecular weight is 310 g/mol. The number of benzene rings is 1. The number of nitrogens with one attached hydrogen (secondary N) is 2. The minimum Gasteiger partial charge on any atom is -0.497 e. The molecule has 22 heavy (non-hydrogen) atoms. The summed E-state index contributed by atoms with van der Waals surface area (Å²) in [4.78, 5) is 26.2. The van der Waals surface area contributed by atoms with Gasteiger partial charge in [-0.2, -0.15) is 4.99 Å². The lowest BCUT2D eigenvalue weighted by molar-refractivity contribution is 0.182. The van der Waals surface area contributed by atoms with Crippen molar-refractivity contribution in [3.05, 3.63) is 24.3 Å². The number of nitrogens with zero attached hydrogens (tertiary/aromatic N) is 2. The van der Waals surface area contributed by atoms with Crippen LogP contribution in [0.3, 0.4) is 0 Å². The zero-order valence-electron chi connectivity index (χ0n) is 13.4. The molecule has 1 rings (SSSR count). The summed E-state index contributed by atoms with van der Waals surface area (Å²) in [5.74, 6) is 0.766. The molecule has 2 N–H and O–H groups in total. The van der Waals surface area contributed by atoms with Crippen molar-refractivity contribution in [1.29, 1.82) is 0 Å². The highest BCUT2D eigenvalue weighted by atomic mass is 16.5. The predicted octanol–water partition coefficient (Wildman–Crippen LogP) is 1.79. The van der Waals surface area contributed by atoms with Gasteiger partial charge >= 0.3 is 12.1 Å². The minimum atomic E-state index is -0.580. The monoisotopic (exact) mass is 310 g/mol. The van der Waals surface area contributed by atoms with Crippen LogP contribution in [-0.4, -0.2) is 58.7 Å². The van der Waals surface area contributed by atoms with Gasteiger partial charge in [-0.25, -0.2) is 9.59 Å². The van der Waals surface area contributed by atoms with Crippen molar-refractivity contribution in [3.63, 3.8) is 0 Å². The van der Waals surface area contributed by atoms with E-state index >= 15 is 0 Å². The Balaban J connectivity index is 0.000000433. The van der Waals surface area contributed by atoms with Gasteiger partial charge in [0.1, 0.15) is 5.75 Å². The summed E-state index contributed by atoms with van der Waals surface area (Å²) in [6.07, 6.45) is 0.801. The van der Waals surface area contributed by atoms with Gasteiger partial charge in [-0.1, -0.05) is 0 Å². The van der Waals surface area contributed by atoms with E-state index < -0.39 is 6.09 Å². The Morgan fingerprint density at radius 3 is 2.18 bits per heavy atom. The molecule has 0 aromatic heterocycles. The summed E-state index contributed by atoms with van der Waals surface area (Å²) >= 11 is 0. The summed E-state index contributed by atoms with van der Waals surface area (Å²) in [6.45, 7) is 0. The number of carbonyl (C=O) groups is 2. The van der Waals surface area contributed by atoms with E-state index in [1.54, 1.807) is 57.4 Å². The van der Waals surface area contributed by atoms with Crippen molar-refractivity contribution in [2.24, 2.45) is 4.99 Å². The van der Waals surface area contributed by atoms with Crippen molar-refractivity contribution in [1.82, 2.24) is 10.2 Å². The molecule has 1 aromatic rings. The molecule has 3 amide bonds. The van der Waals surface area contributed by atoms with Gasteiger partial charge in [-0.15, -0.1) is 0 Å². The van der Waals surface area contributed by atoms with Gasteiger partial charge in [-0.3, -0.25) is 0 Å². The summed E-state index contributed by atoms with van der Waals surface area (Å²) < 4.78 is 9.21. The van der Waals surface area contributed by atoms with Crippen molar-refractivity contribution in [2.45, 2.75) is 0 Å². The summed E-state index contributed by atoms with van der Waals surface area (Å²) in [5, 5.41) is 5.10. The normalized spacial score (nSPS) is 9.32. The van der Waals surface area contributed by atoms with Gasteiger partial charge in [0, 0.05) is 26.8 Å². The molecule has 122 valence electrons. The molecule has 0 saturated heterocycles. The maximum Gasteiger partial charge on any atom is 0.434 e. The number of hydrogen-bond donors (Lipinski definition) is 2. The number of aliphatic imine (C=N–C) groups is 1. The maximum absolute atomic E-state index is 10.9. The molecule has 8 nitrogen and oxygen atoms in total. The third-order valence-corrected chi connectivity index (χ3v) is 2.14. The molecule has 0 aliphatic rings. The van der Waals surface area contributed by atoms with E-state index in [1.807, 2.05) is 0 Å². The minimum absolute atomic E-state index is 0.231. The number of urea groups is 1. The predicted molar refractivity (Wildman–Crippen MR) is 85.7 cm³/mol. The van der Waals surface area contributed by atoms with Crippen LogP contribution in [0, 0.1) is 0 Å². The molecule has 0 aliphatic heterocycles. The van der Waals surface area contributed by atoms with Crippen LogP contribution in [0.2, 0.25) is 0 Å². The largest absolute Gasteiger partial charge is 0.497 e. The highest BCUT2D eigenvalue weighted by Gasteiger charge is 1.97. The van der Waals surface area contributed by atoms with E-state index in [0.717, 1.165) is 11.4 Å². The molecule has 0 spiro atoms. The molecule has 0 atom stereocenters. The van der Waals surface area contributed by atoms with Crippen LogP contribution in [-0.2, 0) is 4.74 Å². The molecule has 0 aliphatic carbocycles. The Morgan fingerprint density at radius 1 is 1.18 bits per heavy atom. The Bertz CT molecular complexity index is 486. The van der Waals surface area contributed by atoms with Crippen LogP contribution in [0.4, 0.5) is 15.3 Å². The lowest BCUT2D eigenvalue weighted by Gasteiger charge is -2.04. The quantitative estimate of drug-likeness (QED) is 0.656. The van der Waals surface area contributed by atoms with Gasteiger partial charge in [0.15, 0.2) is 0 Å². The first-order valence-corrected chi connectivity index (χ1v) is 6.34. The van der Waals surface area contributed by atoms with Crippen molar-refractivity contribution < 1.29 is 19.1 Å². The molecule has 0 fully saturated rings. The molecule has 0 radical (unpaired) electrons. The lowest BCUT2D eigenvalue weighted by atomic mass is 10.3. The van der Waals surface area contributed by atoms with Gasteiger partial charge in [-0.05, 0) is 24.3 Å². The first kappa shape index (κ1) is 19.2. The lowest BCUT2D eigenvalue weighted by Crippen LogP contribution is -2.24. The highest BCUT2D eigenvalue weighted by molar-refractivity contribution is 5.88. The SMILES string of the molecule is CNC(=O)Nc1ccc(OC)cc1.COC(=O)N=CN(C)C. The summed E-state index contributed by atoms with van der Waals surface area (Å²) in [5.41, 5.74) is 0.736. The number of anilines is 1. The number of amides is 3. The van der Waals surface area contributed by atoms with Gasteiger partial charge in [0.25, 0.3) is 0 Å². The van der Waals surface area contributed by atoms with Gasteiger partial charge in [0.2, 0.25) is 0 Å². The second-order valence-electron chi connectivity index (χ2n) is 4.11. The van der Waals surface area contributed by atoms with E-state index in [0.29, 0.717) is 0 Å². The average Bonchev–Trinajstić information content (AvgIpc) is 2.53. The number of carbonyl (C=O) groups excluding carboxylic acids is 2. The van der Waals surface area contributed by atoms with Gasteiger partial charge in [0.05, 0.1) is 20.6 Å². The maximum atomic E-state index is 10.9. The smallest absolute Gasteiger partial charge is 0.434 e. The summed E-state index contributed by atoms with van der Waals surface area (Å²) in [6, 6.07) is 6.88. The Kier molecular flexibility index (Phi) is 9.57. The van der Waals surface area contributed by atoms with Crippen molar-refractivity contribution >= 4 is 24.2 Å². The molecule has 8 heteroatoms. The number of rotatable bonds is 3. The second-order valence-corrected chi connectivity index (χ2v) is 4.11. The Morgan fingerprint density at radius 2 is 1.77 bits per heavy atom. The van der Waals surface area contributed by atoms with E-state index in [1.165, 1.54) is 13.4 Å². The van der Waals surface area contributed by atoms with Crippen LogP contribution in [0.5, 0.6) is 5.75 Å². The van der Waals surface area contributed by atoms with E-state index in [2.05, 4.69) is 20.4 Å². The first-order valence-electron chi connectivity index (χ1n) is 6.34. The molecule has 0 unspecified atom stereocenters. The molecular formula is C14H22N4O4. The number of ether oxygens (including phenoxy) is 2. The molecular weight excluding hydrogens is 288 g/mol. The topological polar surface area (TPSA) is 92.3 Å². The van der Waals surface area contributed by atoms with E-state index in [-0.39, 0.29) is 6.03 Å². The van der Waals surface area contributed by atoms with Crippen LogP contribution < -0.4 is 15.4 Å². The van der Waals surface area contributed by atoms with Crippen LogP contribution >= 0.6 is 0 Å². The zero-order valence-corrected chi connectivity index (χ0v) is 13.4. The molecule has 0 heterocycles. The fraction of sp³-hybridized carbons (Fsp3) is 0.357. The van der Waals surface area contributed by atoms with E-state index in [9.17, 15) is 9.59 Å². The third-order valence-electron chi connectivity index (χ3n) is 2.14. The van der Waals surface area contributed by atoms with Crippen LogP contribution in [0.15, 0.2) is 29.3 Å². The second kappa shape index (κ2) is 11.0. The third kappa shape index (κ3) is 9.18. The van der Waals surface area contributed by atoms with Crippen LogP contribution in [0.25, 0.3) is 0 Å². The molecule has 0 bridgehead atoms. The molecule has 0 saturated carbocycles. The van der Waals surface area contributed by atoms with Gasteiger partial charge < -0.3 is 25.0 Å². The van der Waals surface area contributed by atoms with E-state index in [4.69, 9.17) is 4.74 Å². The zero-order chi connectivity index (χ0) is 17.0.